The fourth-order valence-corrected chi connectivity index (χ4v) is 2.87. The van der Waals surface area contributed by atoms with Gasteiger partial charge in [-0.3, -0.25) is 4.79 Å². The van der Waals surface area contributed by atoms with Crippen LogP contribution in [-0.4, -0.2) is 51.4 Å². The topological polar surface area (TPSA) is 77.8 Å². The molecular weight excluding hydrogens is 266 g/mol. The lowest BCUT2D eigenvalue weighted by Crippen LogP contribution is -2.41. The lowest BCUT2D eigenvalue weighted by Gasteiger charge is -2.20. The van der Waals surface area contributed by atoms with Crippen molar-refractivity contribution in [3.8, 4) is 0 Å². The maximum Gasteiger partial charge on any atom is 0.326 e. The Morgan fingerprint density at radius 2 is 2.00 bits per heavy atom. The molecule has 0 aliphatic carbocycles. The number of likely N-dealkylation sites (tertiary alicyclic amines) is 1. The van der Waals surface area contributed by atoms with Gasteiger partial charge in [0.2, 0.25) is 5.91 Å². The number of carbonyl (C=O) groups is 2. The summed E-state index contributed by atoms with van der Waals surface area (Å²) >= 11 is 1.36. The summed E-state index contributed by atoms with van der Waals surface area (Å²) in [5, 5.41) is 18.5. The van der Waals surface area contributed by atoms with Crippen LogP contribution < -0.4 is 0 Å². The minimum atomic E-state index is -1.06. The van der Waals surface area contributed by atoms with Gasteiger partial charge in [0.25, 0.3) is 0 Å². The van der Waals surface area contributed by atoms with Crippen molar-refractivity contribution < 1.29 is 19.8 Å². The Bertz CT molecular complexity index is 465. The van der Waals surface area contributed by atoms with Crippen LogP contribution in [0.2, 0.25) is 0 Å². The van der Waals surface area contributed by atoms with Gasteiger partial charge in [-0.2, -0.15) is 0 Å². The monoisotopic (exact) mass is 281 g/mol. The maximum atomic E-state index is 12.0. The molecule has 1 heterocycles. The van der Waals surface area contributed by atoms with Crippen molar-refractivity contribution >= 4 is 23.6 Å². The fraction of sp³-hybridized carbons (Fsp3) is 0.385. The molecule has 1 aliphatic heterocycles. The Morgan fingerprint density at radius 1 is 1.32 bits per heavy atom. The number of β-amino-alcohol motifs (C(OH)–C–C–N with tert-alkyl or cyclic N) is 1. The molecule has 6 heteroatoms. The molecule has 0 bridgehead atoms. The van der Waals surface area contributed by atoms with Crippen LogP contribution in [0.4, 0.5) is 0 Å². The van der Waals surface area contributed by atoms with Crippen molar-refractivity contribution in [2.45, 2.75) is 23.5 Å². The first-order valence-corrected chi connectivity index (χ1v) is 6.94. The zero-order chi connectivity index (χ0) is 13.8. The van der Waals surface area contributed by atoms with Gasteiger partial charge in [0.15, 0.2) is 0 Å². The molecule has 1 aromatic carbocycles. The number of hydrogen-bond acceptors (Lipinski definition) is 4. The van der Waals surface area contributed by atoms with E-state index in [1.54, 1.807) is 0 Å². The summed E-state index contributed by atoms with van der Waals surface area (Å²) in [6.45, 7) is 0.102. The van der Waals surface area contributed by atoms with Gasteiger partial charge in [0.1, 0.15) is 6.04 Å². The predicted octanol–water partition coefficient (Wildman–Crippen LogP) is 0.825. The van der Waals surface area contributed by atoms with Gasteiger partial charge < -0.3 is 15.1 Å². The van der Waals surface area contributed by atoms with Gasteiger partial charge in [0, 0.05) is 17.9 Å². The molecule has 1 aliphatic rings. The first kappa shape index (κ1) is 13.9. The summed E-state index contributed by atoms with van der Waals surface area (Å²) in [6.07, 6.45) is -0.636. The number of amides is 1. The van der Waals surface area contributed by atoms with Gasteiger partial charge in [-0.15, -0.1) is 11.8 Å². The highest BCUT2D eigenvalue weighted by molar-refractivity contribution is 8.00. The number of carboxylic acids is 1. The second-order valence-corrected chi connectivity index (χ2v) is 5.44. The number of aliphatic hydroxyl groups excluding tert-OH is 1. The lowest BCUT2D eigenvalue weighted by molar-refractivity contribution is -0.147. The van der Waals surface area contributed by atoms with Crippen LogP contribution in [0, 0.1) is 0 Å². The number of carboxylic acid groups (broad SMARTS) is 1. The van der Waals surface area contributed by atoms with E-state index >= 15 is 0 Å². The fourth-order valence-electron chi connectivity index (χ4n) is 2.07. The zero-order valence-corrected chi connectivity index (χ0v) is 11.0. The van der Waals surface area contributed by atoms with E-state index in [-0.39, 0.29) is 24.6 Å². The first-order chi connectivity index (χ1) is 9.08. The van der Waals surface area contributed by atoms with Gasteiger partial charge >= 0.3 is 5.97 Å². The molecule has 0 aromatic heterocycles. The van der Waals surface area contributed by atoms with E-state index in [1.165, 1.54) is 16.7 Å². The van der Waals surface area contributed by atoms with Crippen LogP contribution >= 0.6 is 11.8 Å². The van der Waals surface area contributed by atoms with E-state index in [0.29, 0.717) is 0 Å². The standard InChI is InChI=1S/C13H15NO4S/c15-9-6-11(13(17)18)14(7-9)12(16)8-19-10-4-2-1-3-5-10/h1-5,9,11,15H,6-8H2,(H,17,18)/t9?,11-/m0/s1. The molecule has 19 heavy (non-hydrogen) atoms. The highest BCUT2D eigenvalue weighted by Crippen LogP contribution is 2.22. The average Bonchev–Trinajstić information content (AvgIpc) is 2.79. The smallest absolute Gasteiger partial charge is 0.326 e. The highest BCUT2D eigenvalue weighted by Gasteiger charge is 2.38. The zero-order valence-electron chi connectivity index (χ0n) is 10.2. The van der Waals surface area contributed by atoms with Crippen molar-refractivity contribution in [3.63, 3.8) is 0 Å². The van der Waals surface area contributed by atoms with Crippen LogP contribution in [0.5, 0.6) is 0 Å². The molecule has 1 unspecified atom stereocenters. The van der Waals surface area contributed by atoms with Gasteiger partial charge in [-0.05, 0) is 12.1 Å². The first-order valence-electron chi connectivity index (χ1n) is 5.96. The number of carbonyl (C=O) groups excluding carboxylic acids is 1. The van der Waals surface area contributed by atoms with Crippen LogP contribution in [0.15, 0.2) is 35.2 Å². The van der Waals surface area contributed by atoms with Crippen LogP contribution in [-0.2, 0) is 9.59 Å². The molecule has 2 rings (SSSR count). The van der Waals surface area contributed by atoms with Crippen molar-refractivity contribution in [2.75, 3.05) is 12.3 Å². The summed E-state index contributed by atoms with van der Waals surface area (Å²) < 4.78 is 0. The molecule has 2 atom stereocenters. The molecule has 0 saturated carbocycles. The number of aliphatic carboxylic acids is 1. The Labute approximate surface area is 115 Å². The Hall–Kier alpha value is -1.53. The van der Waals surface area contributed by atoms with E-state index in [1.807, 2.05) is 30.3 Å². The molecular formula is C13H15NO4S. The van der Waals surface area contributed by atoms with E-state index in [0.717, 1.165) is 4.90 Å². The predicted molar refractivity (Wildman–Crippen MR) is 70.9 cm³/mol. The molecule has 1 amide bonds. The summed E-state index contributed by atoms with van der Waals surface area (Å²) in [6, 6.07) is 8.54. The largest absolute Gasteiger partial charge is 0.480 e. The highest BCUT2D eigenvalue weighted by atomic mass is 32.2. The number of nitrogens with zero attached hydrogens (tertiary/aromatic N) is 1. The minimum absolute atomic E-state index is 0.102. The van der Waals surface area contributed by atoms with Crippen LogP contribution in [0.3, 0.4) is 0 Å². The summed E-state index contributed by atoms with van der Waals surface area (Å²) in [4.78, 5) is 25.2. The second-order valence-electron chi connectivity index (χ2n) is 4.39. The average molecular weight is 281 g/mol. The van der Waals surface area contributed by atoms with Gasteiger partial charge in [0.05, 0.1) is 11.9 Å². The Morgan fingerprint density at radius 3 is 2.63 bits per heavy atom. The number of aliphatic hydroxyl groups is 1. The van der Waals surface area contributed by atoms with E-state index < -0.39 is 18.1 Å². The molecule has 2 N–H and O–H groups in total. The van der Waals surface area contributed by atoms with E-state index in [4.69, 9.17) is 5.11 Å². The summed E-state index contributed by atoms with van der Waals surface area (Å²) in [5.41, 5.74) is 0. The maximum absolute atomic E-state index is 12.0. The molecule has 1 fully saturated rings. The lowest BCUT2D eigenvalue weighted by atomic mass is 10.2. The molecule has 102 valence electrons. The molecule has 1 saturated heterocycles. The van der Waals surface area contributed by atoms with Gasteiger partial charge in [-0.25, -0.2) is 4.79 Å². The third-order valence-electron chi connectivity index (χ3n) is 2.99. The third kappa shape index (κ3) is 3.48. The molecule has 0 spiro atoms. The van der Waals surface area contributed by atoms with Gasteiger partial charge in [-0.1, -0.05) is 18.2 Å². The number of hydrogen-bond donors (Lipinski definition) is 2. The van der Waals surface area contributed by atoms with Crippen molar-refractivity contribution in [3.05, 3.63) is 30.3 Å². The molecule has 5 nitrogen and oxygen atoms in total. The number of rotatable bonds is 4. The minimum Gasteiger partial charge on any atom is -0.480 e. The summed E-state index contributed by atoms with van der Waals surface area (Å²) in [7, 11) is 0. The third-order valence-corrected chi connectivity index (χ3v) is 3.99. The SMILES string of the molecule is O=C(O)[C@@H]1CC(O)CN1C(=O)CSc1ccccc1. The quantitative estimate of drug-likeness (QED) is 0.799. The normalized spacial score (nSPS) is 22.5. The number of thioether (sulfide) groups is 1. The molecule has 1 aromatic rings. The van der Waals surface area contributed by atoms with Crippen LogP contribution in [0.1, 0.15) is 6.42 Å². The van der Waals surface area contributed by atoms with E-state index in [2.05, 4.69) is 0 Å². The summed E-state index contributed by atoms with van der Waals surface area (Å²) in [5.74, 6) is -1.13. The Balaban J connectivity index is 1.94. The van der Waals surface area contributed by atoms with Crippen molar-refractivity contribution in [2.24, 2.45) is 0 Å². The Kier molecular flexibility index (Phi) is 4.44. The number of benzene rings is 1. The van der Waals surface area contributed by atoms with E-state index in [9.17, 15) is 14.7 Å². The molecule has 0 radical (unpaired) electrons. The van der Waals surface area contributed by atoms with Crippen LogP contribution in [0.25, 0.3) is 0 Å². The van der Waals surface area contributed by atoms with Crippen molar-refractivity contribution in [1.29, 1.82) is 0 Å². The second kappa shape index (κ2) is 6.08. The van der Waals surface area contributed by atoms with Crippen molar-refractivity contribution in [1.82, 2.24) is 4.90 Å².